The molecule has 0 aromatic carbocycles. The maximum atomic E-state index is 2.31. The topological polar surface area (TPSA) is 0 Å². The van der Waals surface area contributed by atoms with Gasteiger partial charge in [0.1, 0.15) is 0 Å². The van der Waals surface area contributed by atoms with Gasteiger partial charge in [-0.2, -0.15) is 0 Å². The van der Waals surface area contributed by atoms with Gasteiger partial charge in [-0.3, -0.25) is 0 Å². The molecular weight excluding hydrogens is 188 g/mol. The Morgan fingerprint density at radius 3 is 1.25 bits per heavy atom. The van der Waals surface area contributed by atoms with E-state index < -0.39 is 0 Å². The summed E-state index contributed by atoms with van der Waals surface area (Å²) in [6.45, 7) is 0. The van der Waals surface area contributed by atoms with E-state index in [2.05, 4.69) is 11.5 Å². The van der Waals surface area contributed by atoms with Gasteiger partial charge in [0.15, 0.2) is 0 Å². The largest absolute Gasteiger partial charge is 0 e. The van der Waals surface area contributed by atoms with Gasteiger partial charge in [0.05, 0.1) is 0 Å². The van der Waals surface area contributed by atoms with Crippen molar-refractivity contribution in [1.29, 1.82) is 0 Å². The Balaban J connectivity index is 0. The van der Waals surface area contributed by atoms with Gasteiger partial charge in [-0.05, 0) is 0 Å². The maximum Gasteiger partial charge on any atom is 0 e. The summed E-state index contributed by atoms with van der Waals surface area (Å²) in [5.74, 6) is 4.62. The van der Waals surface area contributed by atoms with Crippen LogP contribution in [0.25, 0.3) is 0 Å². The zero-order chi connectivity index (χ0) is 2.71. The van der Waals surface area contributed by atoms with Crippen LogP contribution in [0.5, 0.6) is 0 Å². The first-order valence-corrected chi connectivity index (χ1v) is 7.35. The summed E-state index contributed by atoms with van der Waals surface area (Å²) < 4.78 is 0. The Labute approximate surface area is 52.9 Å². The molecule has 0 N–H and O–H groups in total. The predicted molar refractivity (Wildman–Crippen MR) is 20.3 cm³/mol. The Morgan fingerprint density at radius 1 is 1.25 bits per heavy atom. The molecule has 0 spiro atoms. The van der Waals surface area contributed by atoms with Crippen molar-refractivity contribution in [3.63, 3.8) is 0 Å². The quantitative estimate of drug-likeness (QED) is 0.487. The van der Waals surface area contributed by atoms with Crippen molar-refractivity contribution in [2.45, 2.75) is 11.5 Å². The molecule has 0 saturated carbocycles. The fourth-order valence-electron chi connectivity index (χ4n) is 0. The predicted octanol–water partition coefficient (Wildman–Crippen LogP) is 0.249. The second-order valence-corrected chi connectivity index (χ2v) is 3.67. The van der Waals surface area contributed by atoms with Gasteiger partial charge >= 0.3 is 26.9 Å². The average molecular weight is 196 g/mol. The van der Waals surface area contributed by atoms with Crippen molar-refractivity contribution < 1.29 is 26.2 Å². The summed E-state index contributed by atoms with van der Waals surface area (Å²) in [7, 11) is 0. The van der Waals surface area contributed by atoms with E-state index in [-0.39, 0.29) is 41.6 Å². The Kier molecular flexibility index (Phi) is 20.0. The van der Waals surface area contributed by atoms with E-state index in [1.807, 2.05) is 0 Å². The van der Waals surface area contributed by atoms with Gasteiger partial charge in [0.25, 0.3) is 0 Å². The first-order valence-electron chi connectivity index (χ1n) is 1.41. The number of hydrogen-bond donors (Lipinski definition) is 0. The van der Waals surface area contributed by atoms with Gasteiger partial charge in [-0.1, -0.05) is 0 Å². The van der Waals surface area contributed by atoms with Crippen LogP contribution < -0.4 is 0 Å². The monoisotopic (exact) mass is 196 g/mol. The Morgan fingerprint density at radius 2 is 1.25 bits per heavy atom. The van der Waals surface area contributed by atoms with Crippen LogP contribution in [0.4, 0.5) is 0 Å². The van der Waals surface area contributed by atoms with E-state index >= 15 is 0 Å². The molecule has 0 fully saturated rings. The number of rotatable bonds is 0. The zero-order valence-electron chi connectivity index (χ0n) is 3.21. The maximum absolute atomic E-state index is 2.31. The molecule has 0 rings (SSSR count). The van der Waals surface area contributed by atoms with Crippen molar-refractivity contribution in [2.24, 2.45) is 0 Å². The van der Waals surface area contributed by atoms with Crippen molar-refractivity contribution in [2.75, 3.05) is 0 Å². The van der Waals surface area contributed by atoms with Crippen LogP contribution in [-0.2, 0) is 26.2 Å². The first-order chi connectivity index (χ1) is 1.41. The molecule has 0 heterocycles. The van der Waals surface area contributed by atoms with Crippen molar-refractivity contribution >= 4 is 15.4 Å². The van der Waals surface area contributed by atoms with Gasteiger partial charge < -0.3 is 0 Å². The molecular formula is C2H8GeZr. The SMILES string of the molecule is [CH3][GeH2][CH3].[Zr]. The van der Waals surface area contributed by atoms with Gasteiger partial charge in [-0.25, -0.2) is 0 Å². The fraction of sp³-hybridized carbons (Fsp3) is 1.00. The van der Waals surface area contributed by atoms with Gasteiger partial charge in [0.2, 0.25) is 0 Å². The standard InChI is InChI=1S/C2H8Ge.Zr/c1-3-2;/h3H2,1-2H3;. The molecule has 0 bridgehead atoms. The summed E-state index contributed by atoms with van der Waals surface area (Å²) in [5, 5.41) is 0. The van der Waals surface area contributed by atoms with Crippen LogP contribution >= 0.6 is 0 Å². The molecule has 0 nitrogen and oxygen atoms in total. The van der Waals surface area contributed by atoms with E-state index in [0.29, 0.717) is 0 Å². The van der Waals surface area contributed by atoms with E-state index in [1.165, 1.54) is 0 Å². The molecule has 0 aromatic rings. The van der Waals surface area contributed by atoms with Crippen LogP contribution in [0.2, 0.25) is 11.5 Å². The van der Waals surface area contributed by atoms with E-state index in [0.717, 1.165) is 0 Å². The zero-order valence-corrected chi connectivity index (χ0v) is 8.63. The van der Waals surface area contributed by atoms with Crippen molar-refractivity contribution in [3.8, 4) is 0 Å². The van der Waals surface area contributed by atoms with Gasteiger partial charge in [-0.15, -0.1) is 0 Å². The minimum Gasteiger partial charge on any atom is 0 e. The molecule has 0 aromatic heterocycles. The molecule has 0 amide bonds. The molecule has 2 heteroatoms. The van der Waals surface area contributed by atoms with E-state index in [4.69, 9.17) is 0 Å². The third-order valence-corrected chi connectivity index (χ3v) is 0. The fourth-order valence-corrected chi connectivity index (χ4v) is 0. The van der Waals surface area contributed by atoms with Crippen LogP contribution in [0.1, 0.15) is 0 Å². The molecule has 0 unspecified atom stereocenters. The average Bonchev–Trinajstić information content (AvgIpc) is 0.918. The molecule has 4 heavy (non-hydrogen) atoms. The van der Waals surface area contributed by atoms with Crippen LogP contribution in [0.3, 0.4) is 0 Å². The smallest absolute Gasteiger partial charge is 0 e. The molecule has 0 aliphatic carbocycles. The van der Waals surface area contributed by atoms with Crippen molar-refractivity contribution in [1.82, 2.24) is 0 Å². The molecule has 0 radical (unpaired) electrons. The second-order valence-electron chi connectivity index (χ2n) is 0.707. The second kappa shape index (κ2) is 8.83. The molecule has 0 aliphatic heterocycles. The summed E-state index contributed by atoms with van der Waals surface area (Å²) in [4.78, 5) is 0. The van der Waals surface area contributed by atoms with Crippen LogP contribution in [-0.4, -0.2) is 15.4 Å². The third kappa shape index (κ3) is 9.92. The van der Waals surface area contributed by atoms with Crippen LogP contribution in [0, 0.1) is 0 Å². The summed E-state index contributed by atoms with van der Waals surface area (Å²) in [6.07, 6.45) is 0. The number of hydrogen-bond acceptors (Lipinski definition) is 0. The van der Waals surface area contributed by atoms with E-state index in [9.17, 15) is 0 Å². The summed E-state index contributed by atoms with van der Waals surface area (Å²) >= 11 is 0.125. The summed E-state index contributed by atoms with van der Waals surface area (Å²) in [5.41, 5.74) is 0. The molecule has 0 saturated heterocycles. The molecule has 0 aliphatic rings. The van der Waals surface area contributed by atoms with Crippen LogP contribution in [0.15, 0.2) is 0 Å². The van der Waals surface area contributed by atoms with E-state index in [1.54, 1.807) is 0 Å². The third-order valence-electron chi connectivity index (χ3n) is 0. The van der Waals surface area contributed by atoms with Crippen molar-refractivity contribution in [3.05, 3.63) is 0 Å². The minimum atomic E-state index is 0. The first kappa shape index (κ1) is 9.06. The van der Waals surface area contributed by atoms with Gasteiger partial charge in [0, 0.05) is 26.2 Å². The Bertz CT molecular complexity index is 6.00. The minimum absolute atomic E-state index is 0. The molecule has 0 atom stereocenters. The molecule has 24 valence electrons. The Hall–Kier alpha value is 1.43. The summed E-state index contributed by atoms with van der Waals surface area (Å²) in [6, 6.07) is 0. The normalized spacial score (nSPS) is 4.50.